The number of aromatic nitrogens is 4. The maximum Gasteiger partial charge on any atom is 0.227 e. The van der Waals surface area contributed by atoms with Gasteiger partial charge in [0.2, 0.25) is 5.89 Å². The van der Waals surface area contributed by atoms with Gasteiger partial charge < -0.3 is 9.73 Å². The first-order chi connectivity index (χ1) is 15.8. The number of hydrogen-bond donors (Lipinski definition) is 1. The number of rotatable bonds is 4. The molecule has 6 aromatic rings. The number of nitrogens with zero attached hydrogens (tertiary/aromatic N) is 4. The zero-order valence-electron chi connectivity index (χ0n) is 16.9. The van der Waals surface area contributed by atoms with E-state index in [1.807, 2.05) is 78.9 Å². The predicted molar refractivity (Wildman–Crippen MR) is 125 cm³/mol. The minimum atomic E-state index is 0.602. The lowest BCUT2D eigenvalue weighted by Gasteiger charge is -2.11. The van der Waals surface area contributed by atoms with Gasteiger partial charge in [-0.3, -0.25) is 9.97 Å². The number of anilines is 2. The standard InChI is InChI=1S/C26H17N5O/c1-2-5-18(6-3-1)26-31-23-15-19(8-9-24(23)32-26)29-25-20-7-4-12-28-22(20)16-21(30-25)17-10-13-27-14-11-17/h1-16H,(H,29,30). The molecule has 0 radical (unpaired) electrons. The van der Waals surface area contributed by atoms with Gasteiger partial charge in [-0.25, -0.2) is 9.97 Å². The Kier molecular flexibility index (Phi) is 4.32. The molecule has 4 heterocycles. The Morgan fingerprint density at radius 3 is 2.44 bits per heavy atom. The quantitative estimate of drug-likeness (QED) is 0.367. The average Bonchev–Trinajstić information content (AvgIpc) is 3.29. The van der Waals surface area contributed by atoms with Gasteiger partial charge in [0, 0.05) is 40.8 Å². The first kappa shape index (κ1) is 18.2. The largest absolute Gasteiger partial charge is 0.436 e. The van der Waals surface area contributed by atoms with Gasteiger partial charge in [-0.1, -0.05) is 18.2 Å². The highest BCUT2D eigenvalue weighted by molar-refractivity contribution is 5.94. The third-order valence-corrected chi connectivity index (χ3v) is 5.25. The fourth-order valence-electron chi connectivity index (χ4n) is 3.69. The van der Waals surface area contributed by atoms with Gasteiger partial charge in [-0.05, 0) is 60.7 Å². The fraction of sp³-hybridized carbons (Fsp3) is 0. The Morgan fingerprint density at radius 2 is 1.56 bits per heavy atom. The van der Waals surface area contributed by atoms with Crippen LogP contribution >= 0.6 is 0 Å². The van der Waals surface area contributed by atoms with Crippen molar-refractivity contribution in [3.63, 3.8) is 0 Å². The first-order valence-corrected chi connectivity index (χ1v) is 10.2. The lowest BCUT2D eigenvalue weighted by atomic mass is 10.1. The molecular weight excluding hydrogens is 398 g/mol. The first-order valence-electron chi connectivity index (χ1n) is 10.2. The van der Waals surface area contributed by atoms with Gasteiger partial charge in [-0.15, -0.1) is 0 Å². The Hall–Kier alpha value is -4.58. The van der Waals surface area contributed by atoms with Crippen molar-refractivity contribution in [1.29, 1.82) is 0 Å². The molecule has 6 nitrogen and oxygen atoms in total. The highest BCUT2D eigenvalue weighted by Crippen LogP contribution is 2.31. The van der Waals surface area contributed by atoms with Crippen LogP contribution in [0.3, 0.4) is 0 Å². The Labute approximate surface area is 183 Å². The molecule has 0 amide bonds. The van der Waals surface area contributed by atoms with Crippen molar-refractivity contribution in [1.82, 2.24) is 19.9 Å². The maximum atomic E-state index is 5.94. The van der Waals surface area contributed by atoms with E-state index < -0.39 is 0 Å². The second kappa shape index (κ2) is 7.59. The van der Waals surface area contributed by atoms with Gasteiger partial charge in [0.25, 0.3) is 0 Å². The Balaban J connectivity index is 1.42. The zero-order valence-corrected chi connectivity index (χ0v) is 16.9. The van der Waals surface area contributed by atoms with Gasteiger partial charge in [0.05, 0.1) is 11.2 Å². The van der Waals surface area contributed by atoms with Crippen LogP contribution in [-0.4, -0.2) is 19.9 Å². The van der Waals surface area contributed by atoms with Crippen molar-refractivity contribution < 1.29 is 4.42 Å². The molecule has 0 unspecified atom stereocenters. The fourth-order valence-corrected chi connectivity index (χ4v) is 3.69. The van der Waals surface area contributed by atoms with E-state index in [0.29, 0.717) is 5.89 Å². The van der Waals surface area contributed by atoms with Gasteiger partial charge in [0.1, 0.15) is 11.3 Å². The summed E-state index contributed by atoms with van der Waals surface area (Å²) >= 11 is 0. The smallest absolute Gasteiger partial charge is 0.227 e. The number of benzene rings is 2. The summed E-state index contributed by atoms with van der Waals surface area (Å²) in [6, 6.07) is 25.5. The minimum Gasteiger partial charge on any atom is -0.436 e. The summed E-state index contributed by atoms with van der Waals surface area (Å²) in [5.41, 5.74) is 6.01. The van der Waals surface area contributed by atoms with Crippen molar-refractivity contribution in [3.05, 3.63) is 97.5 Å². The maximum absolute atomic E-state index is 5.94. The van der Waals surface area contributed by atoms with E-state index in [4.69, 9.17) is 9.40 Å². The molecule has 0 fully saturated rings. The van der Waals surface area contributed by atoms with Crippen LogP contribution in [0.2, 0.25) is 0 Å². The lowest BCUT2D eigenvalue weighted by molar-refractivity contribution is 0.620. The molecular formula is C26H17N5O. The molecule has 1 N–H and O–H groups in total. The second-order valence-corrected chi connectivity index (χ2v) is 7.35. The van der Waals surface area contributed by atoms with E-state index in [0.717, 1.165) is 50.3 Å². The van der Waals surface area contributed by atoms with Crippen LogP contribution in [-0.2, 0) is 0 Å². The summed E-state index contributed by atoms with van der Waals surface area (Å²) in [7, 11) is 0. The summed E-state index contributed by atoms with van der Waals surface area (Å²) in [6.45, 7) is 0. The SMILES string of the molecule is c1ccc(-c2nc3cc(Nc4nc(-c5ccncc5)cc5ncccc45)ccc3o2)cc1. The highest BCUT2D eigenvalue weighted by atomic mass is 16.3. The average molecular weight is 415 g/mol. The molecule has 0 bridgehead atoms. The molecule has 0 aliphatic rings. The van der Waals surface area contributed by atoms with E-state index in [2.05, 4.69) is 20.3 Å². The van der Waals surface area contributed by atoms with E-state index in [9.17, 15) is 0 Å². The summed E-state index contributed by atoms with van der Waals surface area (Å²) < 4.78 is 5.94. The van der Waals surface area contributed by atoms with Crippen molar-refractivity contribution in [3.8, 4) is 22.7 Å². The third-order valence-electron chi connectivity index (χ3n) is 5.25. The molecule has 0 aliphatic carbocycles. The van der Waals surface area contributed by atoms with Crippen molar-refractivity contribution >= 4 is 33.5 Å². The molecule has 0 atom stereocenters. The highest BCUT2D eigenvalue weighted by Gasteiger charge is 2.12. The van der Waals surface area contributed by atoms with Crippen molar-refractivity contribution in [2.24, 2.45) is 0 Å². The normalized spacial score (nSPS) is 11.1. The molecule has 2 aromatic carbocycles. The van der Waals surface area contributed by atoms with E-state index >= 15 is 0 Å². The van der Waals surface area contributed by atoms with Gasteiger partial charge in [-0.2, -0.15) is 0 Å². The summed E-state index contributed by atoms with van der Waals surface area (Å²) in [4.78, 5) is 18.2. The van der Waals surface area contributed by atoms with Crippen LogP contribution < -0.4 is 5.32 Å². The van der Waals surface area contributed by atoms with Crippen LogP contribution in [0, 0.1) is 0 Å². The van der Waals surface area contributed by atoms with Crippen LogP contribution in [0.4, 0.5) is 11.5 Å². The number of nitrogens with one attached hydrogen (secondary N) is 1. The number of hydrogen-bond acceptors (Lipinski definition) is 6. The second-order valence-electron chi connectivity index (χ2n) is 7.35. The molecule has 6 heteroatoms. The number of pyridine rings is 3. The Bertz CT molecular complexity index is 1550. The minimum absolute atomic E-state index is 0.602. The number of fused-ring (bicyclic) bond motifs is 2. The predicted octanol–water partition coefficient (Wildman–Crippen LogP) is 6.24. The summed E-state index contributed by atoms with van der Waals surface area (Å²) in [6.07, 6.45) is 5.31. The van der Waals surface area contributed by atoms with Crippen molar-refractivity contribution in [2.45, 2.75) is 0 Å². The van der Waals surface area contributed by atoms with Crippen molar-refractivity contribution in [2.75, 3.05) is 5.32 Å². The van der Waals surface area contributed by atoms with Crippen LogP contribution in [0.25, 0.3) is 44.7 Å². The van der Waals surface area contributed by atoms with E-state index in [1.165, 1.54) is 0 Å². The lowest BCUT2D eigenvalue weighted by Crippen LogP contribution is -1.97. The monoisotopic (exact) mass is 415 g/mol. The van der Waals surface area contributed by atoms with E-state index in [-0.39, 0.29) is 0 Å². The van der Waals surface area contributed by atoms with E-state index in [1.54, 1.807) is 18.6 Å². The summed E-state index contributed by atoms with van der Waals surface area (Å²) in [5.74, 6) is 1.33. The number of oxazole rings is 1. The molecule has 0 spiro atoms. The molecule has 4 aromatic heterocycles. The molecule has 152 valence electrons. The van der Waals surface area contributed by atoms with Crippen LogP contribution in [0.5, 0.6) is 0 Å². The van der Waals surface area contributed by atoms with Gasteiger partial charge in [0.15, 0.2) is 5.58 Å². The Morgan fingerprint density at radius 1 is 0.688 bits per heavy atom. The summed E-state index contributed by atoms with van der Waals surface area (Å²) in [5, 5.41) is 4.39. The van der Waals surface area contributed by atoms with Crippen LogP contribution in [0.1, 0.15) is 0 Å². The van der Waals surface area contributed by atoms with Crippen LogP contribution in [0.15, 0.2) is 102 Å². The topological polar surface area (TPSA) is 76.7 Å². The third kappa shape index (κ3) is 3.33. The molecule has 32 heavy (non-hydrogen) atoms. The molecule has 0 aliphatic heterocycles. The van der Waals surface area contributed by atoms with Gasteiger partial charge >= 0.3 is 0 Å². The zero-order chi connectivity index (χ0) is 21.3. The molecule has 0 saturated carbocycles. The molecule has 6 rings (SSSR count). The molecule has 0 saturated heterocycles.